The van der Waals surface area contributed by atoms with E-state index in [0.717, 1.165) is 109 Å². The summed E-state index contributed by atoms with van der Waals surface area (Å²) in [6, 6.07) is 0.452. The first-order valence-electron chi connectivity index (χ1n) is 33.2. The molecule has 0 aliphatic heterocycles. The normalized spacial score (nSPS) is 13.5. The zero-order chi connectivity index (χ0) is 53.5. The molecule has 0 aromatic rings. The summed E-state index contributed by atoms with van der Waals surface area (Å²) in [5.74, 6) is 0.351. The molecule has 0 saturated heterocycles. The number of esters is 2. The Hall–Kier alpha value is -1.18. The van der Waals surface area contributed by atoms with Crippen molar-refractivity contribution in [2.45, 2.75) is 362 Å². The number of unbranched alkanes of at least 4 members (excludes halogenated alkanes) is 34. The molecule has 7 heteroatoms. The van der Waals surface area contributed by atoms with Gasteiger partial charge in [-0.1, -0.05) is 279 Å². The van der Waals surface area contributed by atoms with Gasteiger partial charge >= 0.3 is 11.9 Å². The number of aliphatic hydroxyl groups is 1. The Morgan fingerprint density at radius 1 is 0.329 bits per heavy atom. The topological polar surface area (TPSA) is 79.3 Å². The molecule has 0 spiro atoms. The summed E-state index contributed by atoms with van der Waals surface area (Å²) in [4.78, 5) is 31.0. The second kappa shape index (κ2) is 57.0. The standard InChI is InChI=1S/C66H132N2O5/c1-8-13-18-23-33-42-52-61(50-40-21-16-11-4)65(70)72-59-47-38-31-27-26-29-35-44-54-63(68(58-49-57-67(6)7)64(69)56-46-37-25-20-15-10-3)55-45-36-30-28-32-39-48-60-73-66(71)62(51-41-22-17-12-5)53-43-34-24-19-14-9-2/h61-64,69H,8-60H2,1-7H3. The average molecular weight is 1030 g/mol. The van der Waals surface area contributed by atoms with Gasteiger partial charge in [0.2, 0.25) is 0 Å². The summed E-state index contributed by atoms with van der Waals surface area (Å²) in [6.45, 7) is 14.6. The predicted molar refractivity (Wildman–Crippen MR) is 319 cm³/mol. The SMILES string of the molecule is CCCCCCCCC(CCCCCC)C(=O)OCCCCCCCCCCC(CCCCCCCCCOC(=O)C(CCCCCC)CCCCCCCC)N(CCCN(C)C)C(O)CCCCCCCC. The summed E-state index contributed by atoms with van der Waals surface area (Å²) in [7, 11) is 4.34. The average Bonchev–Trinajstić information content (AvgIpc) is 3.38. The molecule has 0 aromatic carbocycles. The molecule has 0 saturated carbocycles. The molecule has 0 aliphatic carbocycles. The highest BCUT2D eigenvalue weighted by molar-refractivity contribution is 5.72. The fourth-order valence-corrected chi connectivity index (χ4v) is 11.1. The van der Waals surface area contributed by atoms with E-state index in [9.17, 15) is 14.7 Å². The predicted octanol–water partition coefficient (Wildman–Crippen LogP) is 20.1. The summed E-state index contributed by atoms with van der Waals surface area (Å²) >= 11 is 0. The summed E-state index contributed by atoms with van der Waals surface area (Å²) < 4.78 is 11.8. The van der Waals surface area contributed by atoms with Gasteiger partial charge in [-0.3, -0.25) is 14.5 Å². The van der Waals surface area contributed by atoms with Gasteiger partial charge < -0.3 is 19.5 Å². The van der Waals surface area contributed by atoms with Gasteiger partial charge in [0.15, 0.2) is 0 Å². The number of carbonyl (C=O) groups excluding carboxylic acids is 2. The molecule has 0 amide bonds. The number of hydrogen-bond acceptors (Lipinski definition) is 7. The lowest BCUT2D eigenvalue weighted by molar-refractivity contribution is -0.150. The van der Waals surface area contributed by atoms with Crippen molar-refractivity contribution in [1.82, 2.24) is 9.80 Å². The van der Waals surface area contributed by atoms with E-state index < -0.39 is 0 Å². The Kier molecular flexibility index (Phi) is 56.1. The maximum Gasteiger partial charge on any atom is 0.308 e. The van der Waals surface area contributed by atoms with Gasteiger partial charge in [0.25, 0.3) is 0 Å². The molecule has 4 atom stereocenters. The van der Waals surface area contributed by atoms with Crippen molar-refractivity contribution >= 4 is 11.9 Å². The van der Waals surface area contributed by atoms with E-state index in [4.69, 9.17) is 9.47 Å². The first kappa shape index (κ1) is 71.8. The van der Waals surface area contributed by atoms with Crippen LogP contribution < -0.4 is 0 Å². The van der Waals surface area contributed by atoms with Gasteiger partial charge in [-0.2, -0.15) is 0 Å². The van der Waals surface area contributed by atoms with E-state index >= 15 is 0 Å². The van der Waals surface area contributed by atoms with Crippen LogP contribution >= 0.6 is 0 Å². The molecule has 0 heterocycles. The van der Waals surface area contributed by atoms with E-state index in [-0.39, 0.29) is 30.0 Å². The third-order valence-corrected chi connectivity index (χ3v) is 16.1. The van der Waals surface area contributed by atoms with E-state index in [1.807, 2.05) is 0 Å². The van der Waals surface area contributed by atoms with Crippen molar-refractivity contribution in [2.24, 2.45) is 11.8 Å². The highest BCUT2D eigenvalue weighted by Crippen LogP contribution is 2.25. The number of ether oxygens (including phenoxy) is 2. The van der Waals surface area contributed by atoms with Crippen LogP contribution in [0.5, 0.6) is 0 Å². The molecule has 0 rings (SSSR count). The zero-order valence-corrected chi connectivity index (χ0v) is 50.8. The Bertz CT molecular complexity index is 1120. The molecule has 7 nitrogen and oxygen atoms in total. The van der Waals surface area contributed by atoms with Crippen LogP contribution in [0.2, 0.25) is 0 Å². The Balaban J connectivity index is 4.96. The van der Waals surface area contributed by atoms with Gasteiger partial charge in [0.05, 0.1) is 25.0 Å². The highest BCUT2D eigenvalue weighted by atomic mass is 16.5. The quantitative estimate of drug-likeness (QED) is 0.0369. The molecular weight excluding hydrogens is 901 g/mol. The summed E-state index contributed by atoms with van der Waals surface area (Å²) in [5.41, 5.74) is 0. The van der Waals surface area contributed by atoms with Crippen LogP contribution in [0.3, 0.4) is 0 Å². The van der Waals surface area contributed by atoms with Gasteiger partial charge in [-0.05, 0) is 91.3 Å². The van der Waals surface area contributed by atoms with Crippen LogP contribution in [0.25, 0.3) is 0 Å². The molecule has 436 valence electrons. The fourth-order valence-electron chi connectivity index (χ4n) is 11.1. The minimum absolute atomic E-state index is 0.0742. The first-order chi connectivity index (χ1) is 35.7. The smallest absolute Gasteiger partial charge is 0.308 e. The molecule has 0 aliphatic rings. The van der Waals surface area contributed by atoms with Gasteiger partial charge in [0.1, 0.15) is 6.23 Å². The third-order valence-electron chi connectivity index (χ3n) is 16.1. The first-order valence-corrected chi connectivity index (χ1v) is 33.2. The van der Waals surface area contributed by atoms with E-state index in [2.05, 4.69) is 58.5 Å². The summed E-state index contributed by atoms with van der Waals surface area (Å²) in [5, 5.41) is 11.8. The maximum atomic E-state index is 13.1. The van der Waals surface area contributed by atoms with Crippen molar-refractivity contribution in [3.63, 3.8) is 0 Å². The number of aliphatic hydroxyl groups excluding tert-OH is 1. The van der Waals surface area contributed by atoms with E-state index in [1.54, 1.807) is 0 Å². The second-order valence-corrected chi connectivity index (χ2v) is 23.5. The van der Waals surface area contributed by atoms with Crippen LogP contribution in [0, 0.1) is 11.8 Å². The maximum absolute atomic E-state index is 13.1. The van der Waals surface area contributed by atoms with Crippen molar-refractivity contribution in [3.05, 3.63) is 0 Å². The lowest BCUT2D eigenvalue weighted by Crippen LogP contribution is -2.44. The van der Waals surface area contributed by atoms with E-state index in [1.165, 1.54) is 218 Å². The molecule has 0 radical (unpaired) electrons. The number of hydrogen-bond donors (Lipinski definition) is 1. The number of carbonyl (C=O) groups is 2. The minimum Gasteiger partial charge on any atom is -0.465 e. The Morgan fingerprint density at radius 2 is 0.589 bits per heavy atom. The highest BCUT2D eigenvalue weighted by Gasteiger charge is 2.25. The Morgan fingerprint density at radius 3 is 0.904 bits per heavy atom. The van der Waals surface area contributed by atoms with Gasteiger partial charge in [0, 0.05) is 12.6 Å². The lowest BCUT2D eigenvalue weighted by atomic mass is 9.94. The van der Waals surface area contributed by atoms with Crippen molar-refractivity contribution in [3.8, 4) is 0 Å². The lowest BCUT2D eigenvalue weighted by Gasteiger charge is -2.36. The second-order valence-electron chi connectivity index (χ2n) is 23.5. The van der Waals surface area contributed by atoms with E-state index in [0.29, 0.717) is 19.3 Å². The monoisotopic (exact) mass is 1030 g/mol. The van der Waals surface area contributed by atoms with Gasteiger partial charge in [-0.15, -0.1) is 0 Å². The van der Waals surface area contributed by atoms with Crippen molar-refractivity contribution in [2.75, 3.05) is 40.4 Å². The molecule has 4 unspecified atom stereocenters. The van der Waals surface area contributed by atoms with Crippen molar-refractivity contribution < 1.29 is 24.2 Å². The third kappa shape index (κ3) is 47.7. The zero-order valence-electron chi connectivity index (χ0n) is 50.8. The molecule has 0 aromatic heterocycles. The van der Waals surface area contributed by atoms with Crippen LogP contribution in [0.1, 0.15) is 349 Å². The fraction of sp³-hybridized carbons (Fsp3) is 0.970. The van der Waals surface area contributed by atoms with Crippen LogP contribution in [-0.2, 0) is 19.1 Å². The molecule has 0 bridgehead atoms. The minimum atomic E-state index is -0.337. The largest absolute Gasteiger partial charge is 0.465 e. The molecule has 0 fully saturated rings. The van der Waals surface area contributed by atoms with Gasteiger partial charge in [-0.25, -0.2) is 0 Å². The number of rotatable bonds is 60. The molecule has 1 N–H and O–H groups in total. The summed E-state index contributed by atoms with van der Waals surface area (Å²) in [6.07, 6.45) is 58.9. The van der Waals surface area contributed by atoms with Crippen molar-refractivity contribution in [1.29, 1.82) is 0 Å². The van der Waals surface area contributed by atoms with Crippen LogP contribution in [0.4, 0.5) is 0 Å². The van der Waals surface area contributed by atoms with Crippen LogP contribution in [0.15, 0.2) is 0 Å². The number of nitrogens with zero attached hydrogens (tertiary/aromatic N) is 2. The van der Waals surface area contributed by atoms with Crippen LogP contribution in [-0.4, -0.2) is 79.5 Å². The molecular formula is C66H132N2O5. The Labute approximate surface area is 457 Å². The molecule has 73 heavy (non-hydrogen) atoms.